The highest BCUT2D eigenvalue weighted by Crippen LogP contribution is 2.20. The molecule has 0 heterocycles. The summed E-state index contributed by atoms with van der Waals surface area (Å²) in [7, 11) is -3.24. The zero-order valence-electron chi connectivity index (χ0n) is 12.2. The van der Waals surface area contributed by atoms with Crippen molar-refractivity contribution in [1.29, 1.82) is 0 Å². The zero-order valence-corrected chi connectivity index (χ0v) is 13.0. The lowest BCUT2D eigenvalue weighted by Gasteiger charge is -2.11. The standard InChI is InChI=1S/C15H24N2O2S/c1-12(2)8-9-20(18,19)17-15-5-3-4-13(10-15)11-16-14-6-7-14/h3-5,10,12,14,16-17H,6-9,11H2,1-2H3. The van der Waals surface area contributed by atoms with Gasteiger partial charge in [0.2, 0.25) is 10.0 Å². The minimum Gasteiger partial charge on any atom is -0.310 e. The SMILES string of the molecule is CC(C)CCS(=O)(=O)Nc1cccc(CNC2CC2)c1. The molecule has 2 N–H and O–H groups in total. The highest BCUT2D eigenvalue weighted by atomic mass is 32.2. The highest BCUT2D eigenvalue weighted by Gasteiger charge is 2.20. The molecule has 0 unspecified atom stereocenters. The second-order valence-electron chi connectivity index (χ2n) is 5.96. The number of nitrogens with one attached hydrogen (secondary N) is 2. The van der Waals surface area contributed by atoms with Crippen molar-refractivity contribution < 1.29 is 8.42 Å². The van der Waals surface area contributed by atoms with Gasteiger partial charge in [-0.2, -0.15) is 0 Å². The van der Waals surface area contributed by atoms with E-state index < -0.39 is 10.0 Å². The van der Waals surface area contributed by atoms with Crippen molar-refractivity contribution in [3.05, 3.63) is 29.8 Å². The van der Waals surface area contributed by atoms with Gasteiger partial charge in [-0.15, -0.1) is 0 Å². The van der Waals surface area contributed by atoms with Crippen LogP contribution in [0.4, 0.5) is 5.69 Å². The summed E-state index contributed by atoms with van der Waals surface area (Å²) in [5, 5.41) is 3.43. The smallest absolute Gasteiger partial charge is 0.232 e. The molecular formula is C15H24N2O2S. The molecule has 1 aromatic rings. The van der Waals surface area contributed by atoms with Crippen molar-refractivity contribution >= 4 is 15.7 Å². The first-order chi connectivity index (χ1) is 9.44. The molecule has 0 aromatic heterocycles. The molecule has 1 fully saturated rings. The molecule has 1 aliphatic rings. The van der Waals surface area contributed by atoms with E-state index in [2.05, 4.69) is 10.0 Å². The van der Waals surface area contributed by atoms with Gasteiger partial charge in [-0.3, -0.25) is 4.72 Å². The van der Waals surface area contributed by atoms with Crippen LogP contribution in [0.2, 0.25) is 0 Å². The number of hydrogen-bond acceptors (Lipinski definition) is 3. The van der Waals surface area contributed by atoms with Gasteiger partial charge in [-0.1, -0.05) is 26.0 Å². The lowest BCUT2D eigenvalue weighted by molar-refractivity contribution is 0.578. The summed E-state index contributed by atoms with van der Waals surface area (Å²) < 4.78 is 26.6. The largest absolute Gasteiger partial charge is 0.310 e. The summed E-state index contributed by atoms with van der Waals surface area (Å²) in [6, 6.07) is 8.27. The zero-order chi connectivity index (χ0) is 14.6. The van der Waals surface area contributed by atoms with Crippen LogP contribution in [-0.4, -0.2) is 20.2 Å². The lowest BCUT2D eigenvalue weighted by Crippen LogP contribution is -2.18. The predicted octanol–water partition coefficient (Wildman–Crippen LogP) is 2.73. The maximum absolute atomic E-state index is 12.0. The summed E-state index contributed by atoms with van der Waals surface area (Å²) in [5.41, 5.74) is 1.77. The molecule has 1 aromatic carbocycles. The molecule has 5 heteroatoms. The average Bonchev–Trinajstić information content (AvgIpc) is 3.18. The normalized spacial score (nSPS) is 15.6. The van der Waals surface area contributed by atoms with Crippen LogP contribution in [0, 0.1) is 5.92 Å². The second kappa shape index (κ2) is 6.59. The van der Waals surface area contributed by atoms with Gasteiger partial charge in [0.1, 0.15) is 0 Å². The minimum absolute atomic E-state index is 0.176. The van der Waals surface area contributed by atoms with E-state index in [0.29, 0.717) is 24.1 Å². The first-order valence-corrected chi connectivity index (χ1v) is 8.92. The van der Waals surface area contributed by atoms with Crippen molar-refractivity contribution in [1.82, 2.24) is 5.32 Å². The van der Waals surface area contributed by atoms with Gasteiger partial charge in [0, 0.05) is 18.3 Å². The lowest BCUT2D eigenvalue weighted by atomic mass is 10.2. The van der Waals surface area contributed by atoms with Crippen molar-refractivity contribution in [2.24, 2.45) is 5.92 Å². The Kier molecular flexibility index (Phi) is 5.05. The Hall–Kier alpha value is -1.07. The fourth-order valence-electron chi connectivity index (χ4n) is 1.92. The van der Waals surface area contributed by atoms with Crippen LogP contribution >= 0.6 is 0 Å². The molecule has 0 amide bonds. The van der Waals surface area contributed by atoms with E-state index in [1.807, 2.05) is 32.0 Å². The quantitative estimate of drug-likeness (QED) is 0.775. The Morgan fingerprint density at radius 2 is 2.05 bits per heavy atom. The molecule has 0 aliphatic heterocycles. The number of hydrogen-bond donors (Lipinski definition) is 2. The van der Waals surface area contributed by atoms with Gasteiger partial charge in [0.25, 0.3) is 0 Å². The third-order valence-electron chi connectivity index (χ3n) is 3.34. The molecule has 2 rings (SSSR count). The van der Waals surface area contributed by atoms with Crippen molar-refractivity contribution in [3.63, 3.8) is 0 Å². The van der Waals surface area contributed by atoms with Gasteiger partial charge >= 0.3 is 0 Å². The van der Waals surface area contributed by atoms with E-state index in [-0.39, 0.29) is 5.75 Å². The summed E-state index contributed by atoms with van der Waals surface area (Å²) in [4.78, 5) is 0. The molecule has 0 atom stereocenters. The summed E-state index contributed by atoms with van der Waals surface area (Å²) in [5.74, 6) is 0.565. The Morgan fingerprint density at radius 1 is 1.30 bits per heavy atom. The van der Waals surface area contributed by atoms with E-state index >= 15 is 0 Å². The van der Waals surface area contributed by atoms with E-state index in [9.17, 15) is 8.42 Å². The van der Waals surface area contributed by atoms with Crippen molar-refractivity contribution in [2.45, 2.75) is 45.7 Å². The van der Waals surface area contributed by atoms with E-state index in [1.54, 1.807) is 6.07 Å². The van der Waals surface area contributed by atoms with E-state index in [1.165, 1.54) is 12.8 Å². The fraction of sp³-hybridized carbons (Fsp3) is 0.600. The first kappa shape index (κ1) is 15.3. The van der Waals surface area contributed by atoms with Crippen LogP contribution < -0.4 is 10.0 Å². The number of rotatable bonds is 8. The van der Waals surface area contributed by atoms with Crippen LogP contribution in [0.25, 0.3) is 0 Å². The Balaban J connectivity index is 1.92. The molecule has 0 radical (unpaired) electrons. The molecule has 1 saturated carbocycles. The molecule has 1 aliphatic carbocycles. The van der Waals surface area contributed by atoms with Crippen LogP contribution in [0.3, 0.4) is 0 Å². The van der Waals surface area contributed by atoms with Gasteiger partial charge in [-0.25, -0.2) is 8.42 Å². The predicted molar refractivity (Wildman–Crippen MR) is 83.2 cm³/mol. The number of anilines is 1. The Labute approximate surface area is 122 Å². The third kappa shape index (κ3) is 5.51. The van der Waals surface area contributed by atoms with E-state index in [0.717, 1.165) is 12.1 Å². The van der Waals surface area contributed by atoms with Crippen LogP contribution in [0.15, 0.2) is 24.3 Å². The maximum atomic E-state index is 12.0. The van der Waals surface area contributed by atoms with E-state index in [4.69, 9.17) is 0 Å². The number of benzene rings is 1. The third-order valence-corrected chi connectivity index (χ3v) is 4.66. The fourth-order valence-corrected chi connectivity index (χ4v) is 3.29. The van der Waals surface area contributed by atoms with Crippen molar-refractivity contribution in [3.8, 4) is 0 Å². The Bertz CT molecular complexity index is 537. The molecule has 0 spiro atoms. The minimum atomic E-state index is -3.24. The van der Waals surface area contributed by atoms with Gasteiger partial charge in [0.15, 0.2) is 0 Å². The summed E-state index contributed by atoms with van der Waals surface area (Å²) in [6.07, 6.45) is 3.18. The number of sulfonamides is 1. The maximum Gasteiger partial charge on any atom is 0.232 e. The van der Waals surface area contributed by atoms with Gasteiger partial charge in [0.05, 0.1) is 5.75 Å². The Morgan fingerprint density at radius 3 is 2.70 bits per heavy atom. The molecule has 4 nitrogen and oxygen atoms in total. The topological polar surface area (TPSA) is 58.2 Å². The molecule has 20 heavy (non-hydrogen) atoms. The molecular weight excluding hydrogens is 272 g/mol. The second-order valence-corrected chi connectivity index (χ2v) is 7.80. The van der Waals surface area contributed by atoms with Crippen LogP contribution in [0.1, 0.15) is 38.7 Å². The first-order valence-electron chi connectivity index (χ1n) is 7.27. The summed E-state index contributed by atoms with van der Waals surface area (Å²) >= 11 is 0. The monoisotopic (exact) mass is 296 g/mol. The van der Waals surface area contributed by atoms with Gasteiger partial charge < -0.3 is 5.32 Å². The molecule has 112 valence electrons. The van der Waals surface area contributed by atoms with Crippen LogP contribution in [0.5, 0.6) is 0 Å². The van der Waals surface area contributed by atoms with Crippen molar-refractivity contribution in [2.75, 3.05) is 10.5 Å². The summed E-state index contributed by atoms with van der Waals surface area (Å²) in [6.45, 7) is 4.85. The van der Waals surface area contributed by atoms with Gasteiger partial charge in [-0.05, 0) is 42.9 Å². The average molecular weight is 296 g/mol. The molecule has 0 bridgehead atoms. The highest BCUT2D eigenvalue weighted by molar-refractivity contribution is 7.92. The van der Waals surface area contributed by atoms with Crippen LogP contribution in [-0.2, 0) is 16.6 Å². The molecule has 0 saturated heterocycles.